The van der Waals surface area contributed by atoms with Crippen molar-refractivity contribution in [3.8, 4) is 0 Å². The summed E-state index contributed by atoms with van der Waals surface area (Å²) in [6.45, 7) is 8.58. The molecule has 1 N–H and O–H groups in total. The van der Waals surface area contributed by atoms with Gasteiger partial charge in [0, 0.05) is 24.5 Å². The number of hydrogen-bond donors (Lipinski definition) is 1. The van der Waals surface area contributed by atoms with Crippen molar-refractivity contribution in [3.63, 3.8) is 0 Å². The lowest BCUT2D eigenvalue weighted by atomic mass is 9.96. The smallest absolute Gasteiger partial charge is 0.304 e. The molecule has 0 aliphatic heterocycles. The van der Waals surface area contributed by atoms with E-state index in [2.05, 4.69) is 20.8 Å². The molecule has 0 aromatic carbocycles. The van der Waals surface area contributed by atoms with E-state index in [4.69, 9.17) is 0 Å². The molecule has 5 nitrogen and oxygen atoms in total. The van der Waals surface area contributed by atoms with Crippen LogP contribution < -0.4 is 4.90 Å². The van der Waals surface area contributed by atoms with Gasteiger partial charge in [-0.25, -0.2) is 0 Å². The molecule has 6 heteroatoms. The fourth-order valence-electron chi connectivity index (χ4n) is 1.78. The predicted octanol–water partition coefficient (Wildman–Crippen LogP) is 3.19. The zero-order chi connectivity index (χ0) is 14.1. The molecular weight excluding hydrogens is 252 g/mol. The maximum atomic E-state index is 11.0. The second kappa shape index (κ2) is 5.24. The van der Waals surface area contributed by atoms with Crippen molar-refractivity contribution < 1.29 is 10.0 Å². The minimum Gasteiger partial charge on any atom is -0.388 e. The van der Waals surface area contributed by atoms with Gasteiger partial charge in [-0.3, -0.25) is 10.1 Å². The van der Waals surface area contributed by atoms with E-state index < -0.39 is 11.0 Å². The van der Waals surface area contributed by atoms with Crippen LogP contribution in [0.5, 0.6) is 0 Å². The van der Waals surface area contributed by atoms with Crippen LogP contribution in [0.25, 0.3) is 0 Å². The lowest BCUT2D eigenvalue weighted by Crippen LogP contribution is -2.28. The van der Waals surface area contributed by atoms with E-state index in [1.807, 2.05) is 11.9 Å². The monoisotopic (exact) mass is 272 g/mol. The number of hydrogen-bond acceptors (Lipinski definition) is 5. The summed E-state index contributed by atoms with van der Waals surface area (Å²) in [6.07, 6.45) is -0.675. The van der Waals surface area contributed by atoms with Gasteiger partial charge < -0.3 is 10.0 Å². The molecule has 0 fully saturated rings. The molecule has 0 saturated carbocycles. The molecule has 0 spiro atoms. The van der Waals surface area contributed by atoms with E-state index in [9.17, 15) is 15.2 Å². The third-order valence-electron chi connectivity index (χ3n) is 2.38. The van der Waals surface area contributed by atoms with Crippen molar-refractivity contribution in [3.05, 3.63) is 21.1 Å². The molecule has 1 aromatic heterocycles. The number of thiophene rings is 1. The van der Waals surface area contributed by atoms with E-state index in [1.54, 1.807) is 6.92 Å². The first-order valence-electron chi connectivity index (χ1n) is 5.79. The first-order chi connectivity index (χ1) is 8.11. The summed E-state index contributed by atoms with van der Waals surface area (Å²) in [7, 11) is 1.84. The summed E-state index contributed by atoms with van der Waals surface area (Å²) in [5.41, 5.74) is 0.125. The lowest BCUT2D eigenvalue weighted by Gasteiger charge is -2.26. The van der Waals surface area contributed by atoms with Gasteiger partial charge in [-0.2, -0.15) is 0 Å². The van der Waals surface area contributed by atoms with E-state index in [0.29, 0.717) is 16.4 Å². The van der Waals surface area contributed by atoms with Crippen LogP contribution in [-0.2, 0) is 0 Å². The Labute approximate surface area is 111 Å². The topological polar surface area (TPSA) is 66.6 Å². The van der Waals surface area contributed by atoms with Crippen LogP contribution in [0.2, 0.25) is 0 Å². The number of nitro groups is 1. The van der Waals surface area contributed by atoms with Crippen LogP contribution in [0.4, 0.5) is 10.7 Å². The van der Waals surface area contributed by atoms with Crippen LogP contribution in [0, 0.1) is 15.5 Å². The number of aliphatic hydroxyl groups is 1. The average Bonchev–Trinajstić information content (AvgIpc) is 2.58. The summed E-state index contributed by atoms with van der Waals surface area (Å²) in [5, 5.41) is 21.2. The second-order valence-corrected chi connectivity index (χ2v) is 6.75. The molecule has 1 unspecified atom stereocenters. The third-order valence-corrected chi connectivity index (χ3v) is 3.79. The maximum absolute atomic E-state index is 11.0. The Morgan fingerprint density at radius 2 is 2.11 bits per heavy atom. The Morgan fingerprint density at radius 3 is 2.50 bits per heavy atom. The Morgan fingerprint density at radius 1 is 1.56 bits per heavy atom. The van der Waals surface area contributed by atoms with Crippen LogP contribution in [0.1, 0.15) is 38.7 Å². The largest absolute Gasteiger partial charge is 0.388 e. The minimum absolute atomic E-state index is 0.0532. The molecular formula is C12H20N2O3S. The summed E-state index contributed by atoms with van der Waals surface area (Å²) < 4.78 is 0. The minimum atomic E-state index is -0.675. The normalized spacial score (nSPS) is 13.4. The van der Waals surface area contributed by atoms with Crippen molar-refractivity contribution in [2.24, 2.45) is 5.41 Å². The highest BCUT2D eigenvalue weighted by molar-refractivity contribution is 7.16. The summed E-state index contributed by atoms with van der Waals surface area (Å²) in [5.74, 6) is 0. The third kappa shape index (κ3) is 3.68. The summed E-state index contributed by atoms with van der Waals surface area (Å²) >= 11 is 1.28. The molecule has 1 aromatic rings. The van der Waals surface area contributed by atoms with Gasteiger partial charge >= 0.3 is 5.69 Å². The zero-order valence-electron chi connectivity index (χ0n) is 11.4. The lowest BCUT2D eigenvalue weighted by molar-refractivity contribution is -0.383. The Hall–Kier alpha value is -1.14. The molecule has 0 radical (unpaired) electrons. The van der Waals surface area contributed by atoms with Crippen LogP contribution >= 0.6 is 11.3 Å². The highest BCUT2D eigenvalue weighted by Crippen LogP contribution is 2.40. The van der Waals surface area contributed by atoms with Crippen LogP contribution in [0.15, 0.2) is 6.07 Å². The number of nitrogens with zero attached hydrogens (tertiary/aromatic N) is 2. The van der Waals surface area contributed by atoms with Gasteiger partial charge in [-0.05, 0) is 12.3 Å². The van der Waals surface area contributed by atoms with Crippen LogP contribution in [0.3, 0.4) is 0 Å². The maximum Gasteiger partial charge on any atom is 0.304 e. The van der Waals surface area contributed by atoms with Gasteiger partial charge in [-0.1, -0.05) is 20.8 Å². The quantitative estimate of drug-likeness (QED) is 0.675. The fraction of sp³-hybridized carbons (Fsp3) is 0.667. The van der Waals surface area contributed by atoms with Gasteiger partial charge in [-0.15, -0.1) is 11.3 Å². The van der Waals surface area contributed by atoms with Crippen molar-refractivity contribution in [1.82, 2.24) is 0 Å². The number of anilines is 1. The fourth-order valence-corrected chi connectivity index (χ4v) is 2.81. The first-order valence-corrected chi connectivity index (χ1v) is 6.61. The van der Waals surface area contributed by atoms with E-state index in [0.717, 1.165) is 0 Å². The van der Waals surface area contributed by atoms with E-state index >= 15 is 0 Å². The standard InChI is InChI=1S/C12H20N2O3S/c1-8(15)10-6-9(14(16)17)11(18-10)13(5)7-12(2,3)4/h6,8,15H,7H2,1-5H3. The summed E-state index contributed by atoms with van der Waals surface area (Å²) in [4.78, 5) is 13.1. The van der Waals surface area contributed by atoms with Crippen molar-refractivity contribution >= 4 is 22.0 Å². The molecule has 0 aliphatic carbocycles. The zero-order valence-corrected chi connectivity index (χ0v) is 12.2. The first kappa shape index (κ1) is 14.9. The molecule has 0 saturated heterocycles. The van der Waals surface area contributed by atoms with Gasteiger partial charge in [0.1, 0.15) is 0 Å². The molecule has 102 valence electrons. The van der Waals surface area contributed by atoms with E-state index in [-0.39, 0.29) is 11.1 Å². The summed E-state index contributed by atoms with van der Waals surface area (Å²) in [6, 6.07) is 1.46. The SMILES string of the molecule is CC(O)c1cc([N+](=O)[O-])c(N(C)CC(C)(C)C)s1. The molecule has 0 bridgehead atoms. The van der Waals surface area contributed by atoms with Crippen LogP contribution in [-0.4, -0.2) is 23.6 Å². The van der Waals surface area contributed by atoms with Gasteiger partial charge in [0.2, 0.25) is 0 Å². The molecule has 0 amide bonds. The molecule has 18 heavy (non-hydrogen) atoms. The number of aliphatic hydroxyl groups excluding tert-OH is 1. The van der Waals surface area contributed by atoms with Gasteiger partial charge in [0.05, 0.1) is 11.0 Å². The Kier molecular flexibility index (Phi) is 4.34. The molecule has 1 rings (SSSR count). The van der Waals surface area contributed by atoms with Gasteiger partial charge in [0.15, 0.2) is 5.00 Å². The van der Waals surface area contributed by atoms with Gasteiger partial charge in [0.25, 0.3) is 0 Å². The highest BCUT2D eigenvalue weighted by atomic mass is 32.1. The Bertz CT molecular complexity index is 435. The van der Waals surface area contributed by atoms with Crippen molar-refractivity contribution in [2.45, 2.75) is 33.8 Å². The molecule has 0 aliphatic rings. The number of rotatable bonds is 4. The molecule has 1 heterocycles. The van der Waals surface area contributed by atoms with E-state index in [1.165, 1.54) is 17.4 Å². The average molecular weight is 272 g/mol. The van der Waals surface area contributed by atoms with Crippen molar-refractivity contribution in [2.75, 3.05) is 18.5 Å². The predicted molar refractivity (Wildman–Crippen MR) is 74.3 cm³/mol. The highest BCUT2D eigenvalue weighted by Gasteiger charge is 2.25. The second-order valence-electron chi connectivity index (χ2n) is 5.69. The van der Waals surface area contributed by atoms with Crippen molar-refractivity contribution in [1.29, 1.82) is 0 Å². The molecule has 1 atom stereocenters. The Balaban J connectivity index is 3.10.